The number of carbonyl (C=O) groups excluding carboxylic acids is 1. The van der Waals surface area contributed by atoms with Gasteiger partial charge in [0.2, 0.25) is 5.91 Å². The molecule has 0 unspecified atom stereocenters. The molecule has 0 spiro atoms. The summed E-state index contributed by atoms with van der Waals surface area (Å²) in [7, 11) is 0. The zero-order valence-corrected chi connectivity index (χ0v) is 14.1. The average molecular weight is 338 g/mol. The van der Waals surface area contributed by atoms with Gasteiger partial charge in [-0.3, -0.25) is 4.79 Å². The van der Waals surface area contributed by atoms with Gasteiger partial charge in [-0.1, -0.05) is 37.2 Å². The van der Waals surface area contributed by atoms with Crippen LogP contribution in [0.2, 0.25) is 5.02 Å². The molecule has 2 aromatic rings. The van der Waals surface area contributed by atoms with Crippen molar-refractivity contribution < 1.29 is 9.21 Å². The van der Waals surface area contributed by atoms with Gasteiger partial charge in [-0.25, -0.2) is 4.98 Å². The molecule has 0 bridgehead atoms. The van der Waals surface area contributed by atoms with Crippen molar-refractivity contribution in [3.63, 3.8) is 0 Å². The molecule has 1 aromatic carbocycles. The third-order valence-electron chi connectivity index (χ3n) is 3.44. The fourth-order valence-electron chi connectivity index (χ4n) is 1.69. The van der Waals surface area contributed by atoms with E-state index in [1.54, 1.807) is 25.1 Å². The third-order valence-corrected chi connectivity index (χ3v) is 4.51. The Kier molecular flexibility index (Phi) is 4.99. The van der Waals surface area contributed by atoms with Crippen LogP contribution >= 0.6 is 23.4 Å². The summed E-state index contributed by atoms with van der Waals surface area (Å²) in [6.45, 7) is 5.49. The minimum absolute atomic E-state index is 0.0120. The molecule has 22 heavy (non-hydrogen) atoms. The molecule has 0 fully saturated rings. The van der Waals surface area contributed by atoms with Gasteiger partial charge in [-0.2, -0.15) is 5.26 Å². The van der Waals surface area contributed by atoms with E-state index >= 15 is 0 Å². The Balaban J connectivity index is 1.99. The Morgan fingerprint density at radius 2 is 2.32 bits per heavy atom. The highest BCUT2D eigenvalue weighted by atomic mass is 35.5. The van der Waals surface area contributed by atoms with Crippen LogP contribution in [0.5, 0.6) is 0 Å². The van der Waals surface area contributed by atoms with Gasteiger partial charge < -0.3 is 9.73 Å². The Morgan fingerprint density at radius 3 is 2.95 bits per heavy atom. The molecule has 1 heterocycles. The number of nitriles is 1. The lowest BCUT2D eigenvalue weighted by Crippen LogP contribution is -2.49. The fraction of sp³-hybridized carbons (Fsp3) is 0.400. The van der Waals surface area contributed by atoms with Crippen LogP contribution in [-0.2, 0) is 4.79 Å². The molecule has 0 aliphatic heterocycles. The number of halogens is 1. The molecule has 0 saturated carbocycles. The monoisotopic (exact) mass is 337 g/mol. The van der Waals surface area contributed by atoms with Crippen molar-refractivity contribution in [2.75, 3.05) is 5.75 Å². The number of fused-ring (bicyclic) bond motifs is 1. The van der Waals surface area contributed by atoms with Crippen LogP contribution < -0.4 is 5.32 Å². The quantitative estimate of drug-likeness (QED) is 0.843. The van der Waals surface area contributed by atoms with Crippen molar-refractivity contribution in [2.45, 2.75) is 31.5 Å². The molecule has 0 aliphatic rings. The summed E-state index contributed by atoms with van der Waals surface area (Å²) < 4.78 is 5.53. The summed E-state index contributed by atoms with van der Waals surface area (Å²) in [5.41, 5.74) is 0.391. The lowest BCUT2D eigenvalue weighted by atomic mass is 9.90. The number of nitrogens with one attached hydrogen (secondary N) is 1. The van der Waals surface area contributed by atoms with Crippen LogP contribution in [0.3, 0.4) is 0 Å². The second kappa shape index (κ2) is 6.59. The van der Waals surface area contributed by atoms with Gasteiger partial charge in [0.1, 0.15) is 11.1 Å². The third kappa shape index (κ3) is 3.73. The van der Waals surface area contributed by atoms with Crippen LogP contribution in [0.15, 0.2) is 27.8 Å². The van der Waals surface area contributed by atoms with E-state index in [2.05, 4.69) is 16.4 Å². The topological polar surface area (TPSA) is 78.9 Å². The maximum absolute atomic E-state index is 12.0. The predicted molar refractivity (Wildman–Crippen MR) is 86.7 cm³/mol. The number of nitrogens with zero attached hydrogens (tertiary/aromatic N) is 2. The molecule has 1 N–H and O–H groups in total. The van der Waals surface area contributed by atoms with Gasteiger partial charge in [0.25, 0.3) is 5.22 Å². The van der Waals surface area contributed by atoms with Crippen molar-refractivity contribution in [1.29, 1.82) is 5.26 Å². The van der Waals surface area contributed by atoms with Crippen molar-refractivity contribution in [1.82, 2.24) is 10.3 Å². The highest BCUT2D eigenvalue weighted by molar-refractivity contribution is 7.99. The Morgan fingerprint density at radius 1 is 1.59 bits per heavy atom. The van der Waals surface area contributed by atoms with Crippen molar-refractivity contribution in [3.8, 4) is 6.07 Å². The first-order chi connectivity index (χ1) is 10.3. The molecule has 0 aliphatic carbocycles. The highest BCUT2D eigenvalue weighted by Gasteiger charge is 2.29. The van der Waals surface area contributed by atoms with Crippen LogP contribution in [0.1, 0.15) is 20.8 Å². The first kappa shape index (κ1) is 16.7. The molecule has 1 aromatic heterocycles. The molecule has 2 rings (SSSR count). The number of rotatable bonds is 5. The summed E-state index contributed by atoms with van der Waals surface area (Å²) in [4.78, 5) is 16.3. The SMILES string of the molecule is CC(C)[C@](C)(C#N)NC(=O)CSc1nc2ccc(Cl)cc2o1. The molecular formula is C15H16ClN3O2S. The van der Waals surface area contributed by atoms with E-state index in [-0.39, 0.29) is 17.6 Å². The fourth-order valence-corrected chi connectivity index (χ4v) is 2.49. The summed E-state index contributed by atoms with van der Waals surface area (Å²) in [5.74, 6) is -0.0918. The summed E-state index contributed by atoms with van der Waals surface area (Å²) in [6, 6.07) is 7.31. The van der Waals surface area contributed by atoms with Gasteiger partial charge in [-0.15, -0.1) is 0 Å². The van der Waals surface area contributed by atoms with E-state index in [0.717, 1.165) is 0 Å². The first-order valence-corrected chi connectivity index (χ1v) is 8.11. The second-order valence-corrected chi connectivity index (χ2v) is 6.76. The Hall–Kier alpha value is -1.71. The smallest absolute Gasteiger partial charge is 0.257 e. The zero-order chi connectivity index (χ0) is 16.3. The summed E-state index contributed by atoms with van der Waals surface area (Å²) in [6.07, 6.45) is 0. The zero-order valence-electron chi connectivity index (χ0n) is 12.5. The second-order valence-electron chi connectivity index (χ2n) is 5.40. The Labute approximate surface area is 138 Å². The van der Waals surface area contributed by atoms with Crippen LogP contribution in [0.25, 0.3) is 11.1 Å². The van der Waals surface area contributed by atoms with Gasteiger partial charge in [0.05, 0.1) is 11.8 Å². The first-order valence-electron chi connectivity index (χ1n) is 6.75. The molecule has 0 saturated heterocycles. The number of carbonyl (C=O) groups is 1. The number of hydrogen-bond acceptors (Lipinski definition) is 5. The highest BCUT2D eigenvalue weighted by Crippen LogP contribution is 2.25. The van der Waals surface area contributed by atoms with E-state index in [1.165, 1.54) is 11.8 Å². The summed E-state index contributed by atoms with van der Waals surface area (Å²) in [5, 5.41) is 12.9. The molecule has 116 valence electrons. The maximum atomic E-state index is 12.0. The standard InChI is InChI=1S/C15H16ClN3O2S/c1-9(2)15(3,8-17)19-13(20)7-22-14-18-11-5-4-10(16)6-12(11)21-14/h4-6,9H,7H2,1-3H3,(H,19,20)/t15-/m0/s1. The lowest BCUT2D eigenvalue weighted by molar-refractivity contribution is -0.120. The Bertz CT molecular complexity index is 738. The largest absolute Gasteiger partial charge is 0.431 e. The van der Waals surface area contributed by atoms with Gasteiger partial charge in [0.15, 0.2) is 5.58 Å². The number of benzene rings is 1. The molecule has 5 nitrogen and oxygen atoms in total. The molecule has 7 heteroatoms. The van der Waals surface area contributed by atoms with Crippen LogP contribution in [-0.4, -0.2) is 22.2 Å². The lowest BCUT2D eigenvalue weighted by Gasteiger charge is -2.27. The normalized spacial score (nSPS) is 13.8. The van der Waals surface area contributed by atoms with Crippen molar-refractivity contribution in [3.05, 3.63) is 23.2 Å². The summed E-state index contributed by atoms with van der Waals surface area (Å²) >= 11 is 7.07. The van der Waals surface area contributed by atoms with Gasteiger partial charge >= 0.3 is 0 Å². The van der Waals surface area contributed by atoms with E-state index in [0.29, 0.717) is 21.3 Å². The van der Waals surface area contributed by atoms with Crippen LogP contribution in [0, 0.1) is 17.2 Å². The average Bonchev–Trinajstić information content (AvgIpc) is 2.86. The van der Waals surface area contributed by atoms with Gasteiger partial charge in [-0.05, 0) is 25.0 Å². The minimum Gasteiger partial charge on any atom is -0.431 e. The van der Waals surface area contributed by atoms with E-state index < -0.39 is 5.54 Å². The number of hydrogen-bond donors (Lipinski definition) is 1. The molecule has 1 atom stereocenters. The molecular weight excluding hydrogens is 322 g/mol. The maximum Gasteiger partial charge on any atom is 0.257 e. The number of thioether (sulfide) groups is 1. The van der Waals surface area contributed by atoms with Crippen molar-refractivity contribution >= 4 is 40.4 Å². The van der Waals surface area contributed by atoms with E-state index in [4.69, 9.17) is 16.0 Å². The minimum atomic E-state index is -0.882. The number of aromatic nitrogens is 1. The predicted octanol–water partition coefficient (Wildman–Crippen LogP) is 3.63. The van der Waals surface area contributed by atoms with Crippen LogP contribution in [0.4, 0.5) is 0 Å². The van der Waals surface area contributed by atoms with Gasteiger partial charge in [0, 0.05) is 11.1 Å². The van der Waals surface area contributed by atoms with Crippen molar-refractivity contribution in [2.24, 2.45) is 5.92 Å². The molecule has 0 radical (unpaired) electrons. The van der Waals surface area contributed by atoms with E-state index in [9.17, 15) is 10.1 Å². The molecule has 1 amide bonds. The number of oxazole rings is 1. The van der Waals surface area contributed by atoms with E-state index in [1.807, 2.05) is 13.8 Å². The number of amides is 1.